The van der Waals surface area contributed by atoms with Crippen molar-refractivity contribution in [3.8, 4) is 10.8 Å². The minimum absolute atomic E-state index is 0.110. The highest BCUT2D eigenvalue weighted by molar-refractivity contribution is 7.13. The number of thiophene rings is 1. The summed E-state index contributed by atoms with van der Waals surface area (Å²) in [5.41, 5.74) is 0. The van der Waals surface area contributed by atoms with Crippen molar-refractivity contribution in [3.63, 3.8) is 0 Å². The van der Waals surface area contributed by atoms with E-state index in [-0.39, 0.29) is 18.3 Å². The van der Waals surface area contributed by atoms with Crippen LogP contribution in [-0.2, 0) is 11.3 Å². The molecule has 2 aromatic rings. The number of hydrogen-bond acceptors (Lipinski definition) is 5. The van der Waals surface area contributed by atoms with Crippen LogP contribution in [0.15, 0.2) is 26.7 Å². The van der Waals surface area contributed by atoms with E-state index in [1.165, 1.54) is 16.2 Å². The fourth-order valence-electron chi connectivity index (χ4n) is 1.18. The van der Waals surface area contributed by atoms with Crippen LogP contribution in [0.2, 0.25) is 0 Å². The molecule has 0 radical (unpaired) electrons. The molecule has 0 saturated heterocycles. The molecule has 0 spiro atoms. The summed E-state index contributed by atoms with van der Waals surface area (Å²) in [6.45, 7) is -0.110. The van der Waals surface area contributed by atoms with Gasteiger partial charge in [-0.25, -0.2) is 4.79 Å². The van der Waals surface area contributed by atoms with Crippen LogP contribution >= 0.6 is 11.3 Å². The lowest BCUT2D eigenvalue weighted by atomic mass is 10.5. The minimum Gasteiger partial charge on any atom is -0.387 e. The topological polar surface area (TPSA) is 68.3 Å². The van der Waals surface area contributed by atoms with Crippen LogP contribution in [-0.4, -0.2) is 34.7 Å². The van der Waals surface area contributed by atoms with Gasteiger partial charge in [-0.05, 0) is 11.4 Å². The smallest absolute Gasteiger partial charge is 0.387 e. The maximum absolute atomic E-state index is 11.5. The summed E-state index contributed by atoms with van der Waals surface area (Å²) in [5, 5.41) is 5.84. The second kappa shape index (κ2) is 4.54. The summed E-state index contributed by atoms with van der Waals surface area (Å²) in [6.07, 6.45) is 0. The molecule has 2 rings (SSSR count). The number of nitrogens with zero attached hydrogens (tertiary/aromatic N) is 3. The SMILES string of the molecule is CN(C)C(=O)Cn1nc(-c2cccs2)oc1=O. The van der Waals surface area contributed by atoms with Crippen LogP contribution in [0.4, 0.5) is 0 Å². The van der Waals surface area contributed by atoms with E-state index in [9.17, 15) is 9.59 Å². The molecule has 0 bridgehead atoms. The molecule has 0 aliphatic carbocycles. The molecule has 0 aromatic carbocycles. The fraction of sp³-hybridized carbons (Fsp3) is 0.300. The summed E-state index contributed by atoms with van der Waals surface area (Å²) < 4.78 is 6.00. The molecule has 6 nitrogen and oxygen atoms in total. The number of likely N-dealkylation sites (N-methyl/N-ethyl adjacent to an activating group) is 1. The van der Waals surface area contributed by atoms with Gasteiger partial charge in [-0.3, -0.25) is 4.79 Å². The van der Waals surface area contributed by atoms with Crippen molar-refractivity contribution in [3.05, 3.63) is 28.1 Å². The standard InChI is InChI=1S/C10H11N3O3S/c1-12(2)8(14)6-13-10(15)16-9(11-13)7-4-3-5-17-7/h3-5H,6H2,1-2H3. The summed E-state index contributed by atoms with van der Waals surface area (Å²) >= 11 is 1.42. The number of amides is 1. The van der Waals surface area contributed by atoms with Gasteiger partial charge in [0.05, 0.1) is 4.88 Å². The lowest BCUT2D eigenvalue weighted by Gasteiger charge is -2.08. The molecule has 0 atom stereocenters. The van der Waals surface area contributed by atoms with Gasteiger partial charge < -0.3 is 9.32 Å². The van der Waals surface area contributed by atoms with Gasteiger partial charge in [-0.15, -0.1) is 16.4 Å². The third kappa shape index (κ3) is 2.44. The van der Waals surface area contributed by atoms with Gasteiger partial charge in [-0.1, -0.05) is 6.07 Å². The molecule has 0 saturated carbocycles. The van der Waals surface area contributed by atoms with Crippen molar-refractivity contribution < 1.29 is 9.21 Å². The zero-order valence-electron chi connectivity index (χ0n) is 9.41. The van der Waals surface area contributed by atoms with Crippen LogP contribution in [0.3, 0.4) is 0 Å². The Balaban J connectivity index is 2.26. The molecule has 0 aliphatic rings. The van der Waals surface area contributed by atoms with Gasteiger partial charge in [0.15, 0.2) is 0 Å². The summed E-state index contributed by atoms with van der Waals surface area (Å²) in [5.74, 6) is -0.585. The van der Waals surface area contributed by atoms with Crippen LogP contribution in [0.5, 0.6) is 0 Å². The highest BCUT2D eigenvalue weighted by atomic mass is 32.1. The average molecular weight is 253 g/mol. The van der Waals surface area contributed by atoms with E-state index in [1.54, 1.807) is 20.2 Å². The van der Waals surface area contributed by atoms with Crippen molar-refractivity contribution in [2.24, 2.45) is 0 Å². The molecule has 2 aromatic heterocycles. The van der Waals surface area contributed by atoms with Gasteiger partial charge in [0.1, 0.15) is 6.54 Å². The Bertz CT molecular complexity index is 568. The van der Waals surface area contributed by atoms with Crippen LogP contribution < -0.4 is 5.76 Å². The van der Waals surface area contributed by atoms with E-state index >= 15 is 0 Å². The van der Waals surface area contributed by atoms with Crippen LogP contribution in [0.1, 0.15) is 0 Å². The molecule has 0 N–H and O–H groups in total. The Kier molecular flexibility index (Phi) is 3.10. The van der Waals surface area contributed by atoms with Crippen molar-refractivity contribution in [2.45, 2.75) is 6.54 Å². The molecule has 0 unspecified atom stereocenters. The van der Waals surface area contributed by atoms with Crippen molar-refractivity contribution >= 4 is 17.2 Å². The largest absolute Gasteiger partial charge is 0.437 e. The summed E-state index contributed by atoms with van der Waals surface area (Å²) in [6, 6.07) is 3.64. The Hall–Kier alpha value is -1.89. The molecule has 2 heterocycles. The van der Waals surface area contributed by atoms with Gasteiger partial charge >= 0.3 is 5.76 Å². The zero-order chi connectivity index (χ0) is 12.4. The minimum atomic E-state index is -0.622. The van der Waals surface area contributed by atoms with Crippen molar-refractivity contribution in [1.29, 1.82) is 0 Å². The van der Waals surface area contributed by atoms with Gasteiger partial charge in [-0.2, -0.15) is 4.68 Å². The third-order valence-corrected chi connectivity index (χ3v) is 2.98. The van der Waals surface area contributed by atoms with E-state index in [0.29, 0.717) is 0 Å². The molecule has 1 amide bonds. The van der Waals surface area contributed by atoms with Gasteiger partial charge in [0, 0.05) is 14.1 Å². The first-order chi connectivity index (χ1) is 8.08. The van der Waals surface area contributed by atoms with Crippen LogP contribution in [0.25, 0.3) is 10.8 Å². The van der Waals surface area contributed by atoms with Crippen molar-refractivity contribution in [1.82, 2.24) is 14.7 Å². The normalized spacial score (nSPS) is 10.5. The first-order valence-electron chi connectivity index (χ1n) is 4.90. The molecular formula is C10H11N3O3S. The molecule has 17 heavy (non-hydrogen) atoms. The van der Waals surface area contributed by atoms with Gasteiger partial charge in [0.25, 0.3) is 5.89 Å². The monoisotopic (exact) mass is 253 g/mol. The Morgan fingerprint density at radius 1 is 1.59 bits per heavy atom. The highest BCUT2D eigenvalue weighted by Crippen LogP contribution is 2.20. The van der Waals surface area contributed by atoms with E-state index in [2.05, 4.69) is 5.10 Å². The Morgan fingerprint density at radius 2 is 2.35 bits per heavy atom. The van der Waals surface area contributed by atoms with E-state index in [0.717, 1.165) is 9.56 Å². The lowest BCUT2D eigenvalue weighted by Crippen LogP contribution is -2.30. The third-order valence-electron chi connectivity index (χ3n) is 2.12. The number of aromatic nitrogens is 2. The maximum Gasteiger partial charge on any atom is 0.437 e. The van der Waals surface area contributed by atoms with E-state index in [1.807, 2.05) is 11.4 Å². The summed E-state index contributed by atoms with van der Waals surface area (Å²) in [7, 11) is 3.24. The maximum atomic E-state index is 11.5. The molecule has 7 heteroatoms. The zero-order valence-corrected chi connectivity index (χ0v) is 10.2. The number of carbonyl (C=O) groups is 1. The van der Waals surface area contributed by atoms with Crippen LogP contribution in [0, 0.1) is 0 Å². The Labute approximate surface area is 101 Å². The predicted molar refractivity (Wildman–Crippen MR) is 62.8 cm³/mol. The van der Waals surface area contributed by atoms with Crippen molar-refractivity contribution in [2.75, 3.05) is 14.1 Å². The molecule has 0 aliphatic heterocycles. The second-order valence-corrected chi connectivity index (χ2v) is 4.54. The number of hydrogen-bond donors (Lipinski definition) is 0. The van der Waals surface area contributed by atoms with Gasteiger partial charge in [0.2, 0.25) is 5.91 Å². The highest BCUT2D eigenvalue weighted by Gasteiger charge is 2.14. The molecule has 0 fully saturated rings. The Morgan fingerprint density at radius 3 is 2.94 bits per heavy atom. The lowest BCUT2D eigenvalue weighted by molar-refractivity contribution is -0.129. The fourth-order valence-corrected chi connectivity index (χ4v) is 1.82. The second-order valence-electron chi connectivity index (χ2n) is 3.60. The first-order valence-corrected chi connectivity index (χ1v) is 5.78. The molecule has 90 valence electrons. The first kappa shape index (κ1) is 11.6. The number of rotatable bonds is 3. The predicted octanol–water partition coefficient (Wildman–Crippen LogP) is 0.653. The van der Waals surface area contributed by atoms with E-state index < -0.39 is 5.76 Å². The summed E-state index contributed by atoms with van der Waals surface area (Å²) in [4.78, 5) is 25.1. The molecular weight excluding hydrogens is 242 g/mol. The van der Waals surface area contributed by atoms with E-state index in [4.69, 9.17) is 4.42 Å². The average Bonchev–Trinajstić information content (AvgIpc) is 2.88. The quantitative estimate of drug-likeness (QED) is 0.805. The number of carbonyl (C=O) groups excluding carboxylic acids is 1.